The highest BCUT2D eigenvalue weighted by atomic mass is 35.5. The van der Waals surface area contributed by atoms with Crippen LogP contribution in [0.3, 0.4) is 0 Å². The van der Waals surface area contributed by atoms with Crippen LogP contribution >= 0.6 is 11.6 Å². The first-order valence-electron chi connectivity index (χ1n) is 10.1. The lowest BCUT2D eigenvalue weighted by molar-refractivity contribution is 0.00512. The number of hydrogen-bond acceptors (Lipinski definition) is 3. The summed E-state index contributed by atoms with van der Waals surface area (Å²) in [6.07, 6.45) is 0.441. The normalized spacial score (nSPS) is 21.8. The van der Waals surface area contributed by atoms with Gasteiger partial charge in [-0.15, -0.1) is 0 Å². The molecule has 1 aliphatic heterocycles. The van der Waals surface area contributed by atoms with Gasteiger partial charge in [0.1, 0.15) is 5.60 Å². The molecule has 2 atom stereocenters. The van der Waals surface area contributed by atoms with Gasteiger partial charge in [-0.05, 0) is 56.9 Å². The van der Waals surface area contributed by atoms with Crippen molar-refractivity contribution < 1.29 is 9.53 Å². The van der Waals surface area contributed by atoms with E-state index in [0.29, 0.717) is 6.54 Å². The van der Waals surface area contributed by atoms with Gasteiger partial charge in [-0.1, -0.05) is 54.1 Å². The molecular weight excluding hydrogens is 384 g/mol. The molecule has 1 aliphatic rings. The number of benzene rings is 2. The minimum Gasteiger partial charge on any atom is -0.444 e. The van der Waals surface area contributed by atoms with Crippen molar-refractivity contribution in [3.05, 3.63) is 70.2 Å². The van der Waals surface area contributed by atoms with Crippen LogP contribution in [0, 0.1) is 6.92 Å². The molecule has 1 fully saturated rings. The molecule has 0 aromatic heterocycles. The number of nitrogens with one attached hydrogen (secondary N) is 1. The molecule has 0 saturated carbocycles. The standard InChI is InChI=1S/C24H31ClN2O2/c1-17-13-19(11-12-21(17)25)20-15-26-16-24(20,14-18-9-7-6-8-10-18)27(5)22(28)29-23(2,3)4/h6-13,20,26H,14-16H2,1-5H3/t20-,24+/m1/s1. The maximum Gasteiger partial charge on any atom is 0.410 e. The van der Waals surface area contributed by atoms with Crippen molar-refractivity contribution in [3.8, 4) is 0 Å². The van der Waals surface area contributed by atoms with Crippen LogP contribution in [0.4, 0.5) is 4.79 Å². The van der Waals surface area contributed by atoms with Crippen molar-refractivity contribution in [1.82, 2.24) is 10.2 Å². The predicted octanol–water partition coefficient (Wildman–Crippen LogP) is 5.18. The van der Waals surface area contributed by atoms with Crippen LogP contribution in [0.15, 0.2) is 48.5 Å². The van der Waals surface area contributed by atoms with Crippen molar-refractivity contribution in [3.63, 3.8) is 0 Å². The van der Waals surface area contributed by atoms with Crippen molar-refractivity contribution in [2.75, 3.05) is 20.1 Å². The van der Waals surface area contributed by atoms with Gasteiger partial charge in [0, 0.05) is 31.1 Å². The second-order valence-electron chi connectivity index (χ2n) is 9.00. The van der Waals surface area contributed by atoms with Crippen LogP contribution in [0.5, 0.6) is 0 Å². The summed E-state index contributed by atoms with van der Waals surface area (Å²) in [6, 6.07) is 16.5. The summed E-state index contributed by atoms with van der Waals surface area (Å²) in [6.45, 7) is 9.20. The topological polar surface area (TPSA) is 41.6 Å². The third-order valence-electron chi connectivity index (χ3n) is 5.70. The number of ether oxygens (including phenoxy) is 1. The average Bonchev–Trinajstić information content (AvgIpc) is 3.07. The second kappa shape index (κ2) is 8.37. The number of carbonyl (C=O) groups excluding carboxylic acids is 1. The van der Waals surface area contributed by atoms with E-state index in [-0.39, 0.29) is 12.0 Å². The molecule has 5 heteroatoms. The summed E-state index contributed by atoms with van der Waals surface area (Å²) in [5.41, 5.74) is 2.44. The van der Waals surface area contributed by atoms with Gasteiger partial charge >= 0.3 is 6.09 Å². The van der Waals surface area contributed by atoms with Gasteiger partial charge in [-0.25, -0.2) is 4.79 Å². The zero-order chi connectivity index (χ0) is 21.2. The molecule has 0 radical (unpaired) electrons. The van der Waals surface area contributed by atoms with E-state index in [1.807, 2.05) is 59.0 Å². The van der Waals surface area contributed by atoms with E-state index >= 15 is 0 Å². The van der Waals surface area contributed by atoms with E-state index in [1.54, 1.807) is 4.90 Å². The number of nitrogens with zero attached hydrogens (tertiary/aromatic N) is 1. The lowest BCUT2D eigenvalue weighted by Gasteiger charge is -2.43. The summed E-state index contributed by atoms with van der Waals surface area (Å²) in [5, 5.41) is 4.29. The highest BCUT2D eigenvalue weighted by molar-refractivity contribution is 6.31. The highest BCUT2D eigenvalue weighted by Crippen LogP contribution is 2.40. The Morgan fingerprint density at radius 2 is 1.93 bits per heavy atom. The molecule has 1 N–H and O–H groups in total. The van der Waals surface area contributed by atoms with Crippen molar-refractivity contribution >= 4 is 17.7 Å². The van der Waals surface area contributed by atoms with Crippen LogP contribution in [0.1, 0.15) is 43.4 Å². The molecule has 3 rings (SSSR count). The van der Waals surface area contributed by atoms with Crippen molar-refractivity contribution in [1.29, 1.82) is 0 Å². The van der Waals surface area contributed by atoms with Gasteiger partial charge in [0.15, 0.2) is 0 Å². The molecule has 0 unspecified atom stereocenters. The SMILES string of the molecule is Cc1cc([C@H]2CNC[C@]2(Cc2ccccc2)N(C)C(=O)OC(C)(C)C)ccc1Cl. The Morgan fingerprint density at radius 3 is 2.55 bits per heavy atom. The van der Waals surface area contributed by atoms with Crippen molar-refractivity contribution in [2.45, 2.75) is 51.2 Å². The van der Waals surface area contributed by atoms with E-state index in [4.69, 9.17) is 16.3 Å². The third kappa shape index (κ3) is 4.76. The number of halogens is 1. The maximum atomic E-state index is 13.1. The zero-order valence-corrected chi connectivity index (χ0v) is 18.7. The number of rotatable bonds is 4. The minimum absolute atomic E-state index is 0.121. The van der Waals surface area contributed by atoms with Crippen molar-refractivity contribution in [2.24, 2.45) is 0 Å². The Labute approximate surface area is 179 Å². The van der Waals surface area contributed by atoms with Gasteiger partial charge < -0.3 is 15.0 Å². The zero-order valence-electron chi connectivity index (χ0n) is 18.0. The number of aryl methyl sites for hydroxylation is 1. The predicted molar refractivity (Wildman–Crippen MR) is 119 cm³/mol. The summed E-state index contributed by atoms with van der Waals surface area (Å²) >= 11 is 6.27. The molecule has 0 aliphatic carbocycles. The summed E-state index contributed by atoms with van der Waals surface area (Å²) in [5.74, 6) is 0.121. The van der Waals surface area contributed by atoms with Crippen LogP contribution < -0.4 is 5.32 Å². The van der Waals surface area contributed by atoms with E-state index in [2.05, 4.69) is 29.6 Å². The van der Waals surface area contributed by atoms with Crippen LogP contribution in [0.25, 0.3) is 0 Å². The fourth-order valence-electron chi connectivity index (χ4n) is 4.18. The Balaban J connectivity index is 2.03. The van der Waals surface area contributed by atoms with Crippen LogP contribution in [-0.2, 0) is 11.2 Å². The molecule has 1 saturated heterocycles. The van der Waals surface area contributed by atoms with E-state index in [0.717, 1.165) is 23.6 Å². The van der Waals surface area contributed by atoms with Gasteiger partial charge in [0.05, 0.1) is 5.54 Å². The molecule has 29 heavy (non-hydrogen) atoms. The monoisotopic (exact) mass is 414 g/mol. The summed E-state index contributed by atoms with van der Waals surface area (Å²) < 4.78 is 5.74. The second-order valence-corrected chi connectivity index (χ2v) is 9.40. The Kier molecular flexibility index (Phi) is 6.25. The molecule has 0 spiro atoms. The molecule has 1 heterocycles. The molecule has 4 nitrogen and oxygen atoms in total. The maximum absolute atomic E-state index is 13.1. The molecule has 2 aromatic carbocycles. The highest BCUT2D eigenvalue weighted by Gasteiger charge is 2.49. The molecular formula is C24H31ClN2O2. The first kappa shape index (κ1) is 21.7. The fourth-order valence-corrected chi connectivity index (χ4v) is 4.29. The average molecular weight is 415 g/mol. The van der Waals surface area contributed by atoms with E-state index in [9.17, 15) is 4.79 Å². The summed E-state index contributed by atoms with van der Waals surface area (Å²) in [7, 11) is 1.86. The smallest absolute Gasteiger partial charge is 0.410 e. The molecule has 0 bridgehead atoms. The number of carbonyl (C=O) groups is 1. The fraction of sp³-hybridized carbons (Fsp3) is 0.458. The lowest BCUT2D eigenvalue weighted by Crippen LogP contribution is -2.56. The third-order valence-corrected chi connectivity index (χ3v) is 6.13. The quantitative estimate of drug-likeness (QED) is 0.749. The lowest BCUT2D eigenvalue weighted by atomic mass is 9.76. The van der Waals surface area contributed by atoms with E-state index < -0.39 is 11.1 Å². The number of likely N-dealkylation sites (N-methyl/N-ethyl adjacent to an activating group) is 1. The molecule has 1 amide bonds. The number of amides is 1. The molecule has 2 aromatic rings. The van der Waals surface area contributed by atoms with Gasteiger partial charge in [0.25, 0.3) is 0 Å². The van der Waals surface area contributed by atoms with E-state index in [1.165, 1.54) is 11.1 Å². The van der Waals surface area contributed by atoms with Crippen LogP contribution in [0.2, 0.25) is 5.02 Å². The summed E-state index contributed by atoms with van der Waals surface area (Å²) in [4.78, 5) is 14.9. The Hall–Kier alpha value is -2.04. The first-order valence-corrected chi connectivity index (χ1v) is 10.5. The van der Waals surface area contributed by atoms with Crippen LogP contribution in [-0.4, -0.2) is 42.3 Å². The Bertz CT molecular complexity index is 863. The minimum atomic E-state index is -0.544. The first-order chi connectivity index (χ1) is 13.6. The largest absolute Gasteiger partial charge is 0.444 e. The van der Waals surface area contributed by atoms with Gasteiger partial charge in [-0.3, -0.25) is 0 Å². The van der Waals surface area contributed by atoms with Gasteiger partial charge in [0.2, 0.25) is 0 Å². The number of hydrogen-bond donors (Lipinski definition) is 1. The van der Waals surface area contributed by atoms with Gasteiger partial charge in [-0.2, -0.15) is 0 Å². The molecule has 156 valence electrons. The Morgan fingerprint density at radius 1 is 1.24 bits per heavy atom.